The summed E-state index contributed by atoms with van der Waals surface area (Å²) in [5, 5.41) is 10.4. The Hall–Kier alpha value is -2.53. The largest absolute Gasteiger partial charge is 0.504 e. The third-order valence-corrected chi connectivity index (χ3v) is 4.15. The Kier molecular flexibility index (Phi) is 4.71. The molecule has 3 rings (SSSR count). The first kappa shape index (κ1) is 16.3. The van der Waals surface area contributed by atoms with E-state index in [1.165, 1.54) is 0 Å². The summed E-state index contributed by atoms with van der Waals surface area (Å²) in [6.07, 6.45) is 0. The summed E-state index contributed by atoms with van der Waals surface area (Å²) in [7, 11) is 0. The number of benzene rings is 2. The first-order valence-corrected chi connectivity index (χ1v) is 8.15. The fraction of sp³-hybridized carbons (Fsp3) is 0.105. The average molecular weight is 387 g/mol. The van der Waals surface area contributed by atoms with E-state index in [1.807, 2.05) is 42.5 Å². The summed E-state index contributed by atoms with van der Waals surface area (Å²) in [6, 6.07) is 16.7. The van der Waals surface area contributed by atoms with E-state index in [4.69, 9.17) is 9.15 Å². The number of rotatable bonds is 4. The van der Waals surface area contributed by atoms with Gasteiger partial charge in [-0.05, 0) is 24.6 Å². The highest BCUT2D eigenvalue weighted by molar-refractivity contribution is 9.10. The molecule has 0 amide bonds. The van der Waals surface area contributed by atoms with Crippen LogP contribution in [0.5, 0.6) is 11.5 Å². The average Bonchev–Trinajstić information content (AvgIpc) is 2.60. The second kappa shape index (κ2) is 6.93. The van der Waals surface area contributed by atoms with Crippen LogP contribution < -0.4 is 10.4 Å². The van der Waals surface area contributed by atoms with Crippen molar-refractivity contribution in [2.75, 3.05) is 0 Å². The lowest BCUT2D eigenvalue weighted by atomic mass is 10.1. The first-order chi connectivity index (χ1) is 11.6. The molecule has 24 heavy (non-hydrogen) atoms. The molecule has 2 aromatic carbocycles. The van der Waals surface area contributed by atoms with E-state index >= 15 is 0 Å². The normalized spacial score (nSPS) is 10.6. The number of hydrogen-bond donors (Lipinski definition) is 1. The van der Waals surface area contributed by atoms with Gasteiger partial charge in [-0.3, -0.25) is 0 Å². The predicted octanol–water partition coefficient (Wildman–Crippen LogP) is 4.66. The zero-order valence-corrected chi connectivity index (χ0v) is 14.5. The summed E-state index contributed by atoms with van der Waals surface area (Å²) >= 11 is 3.36. The molecule has 0 aliphatic rings. The summed E-state index contributed by atoms with van der Waals surface area (Å²) in [5.41, 5.74) is 1.36. The second-order valence-electron chi connectivity index (χ2n) is 5.30. The summed E-state index contributed by atoms with van der Waals surface area (Å²) in [5.74, 6) is -0.0330. The van der Waals surface area contributed by atoms with Gasteiger partial charge < -0.3 is 14.3 Å². The van der Waals surface area contributed by atoms with E-state index in [0.717, 1.165) is 10.0 Å². The van der Waals surface area contributed by atoms with Crippen LogP contribution in [0.3, 0.4) is 0 Å². The highest BCUT2D eigenvalue weighted by Gasteiger charge is 2.19. The molecule has 0 aliphatic heterocycles. The molecule has 0 atom stereocenters. The maximum atomic E-state index is 12.2. The lowest BCUT2D eigenvalue weighted by Crippen LogP contribution is -2.09. The fourth-order valence-electron chi connectivity index (χ4n) is 2.32. The maximum absolute atomic E-state index is 12.2. The highest BCUT2D eigenvalue weighted by atomic mass is 79.9. The molecule has 1 N–H and O–H groups in total. The number of aromatic hydroxyl groups is 1. The monoisotopic (exact) mass is 386 g/mol. The predicted molar refractivity (Wildman–Crippen MR) is 95.3 cm³/mol. The van der Waals surface area contributed by atoms with Crippen molar-refractivity contribution in [3.8, 4) is 22.8 Å². The van der Waals surface area contributed by atoms with Crippen LogP contribution in [0.2, 0.25) is 0 Å². The Bertz CT molecular complexity index is 899. The van der Waals surface area contributed by atoms with Crippen molar-refractivity contribution in [3.63, 3.8) is 0 Å². The molecule has 0 saturated carbocycles. The van der Waals surface area contributed by atoms with Crippen LogP contribution in [0.1, 0.15) is 11.1 Å². The Labute approximate surface area is 147 Å². The minimum Gasteiger partial charge on any atom is -0.504 e. The molecule has 0 spiro atoms. The number of hydrogen-bond acceptors (Lipinski definition) is 4. The van der Waals surface area contributed by atoms with Gasteiger partial charge in [0.15, 0.2) is 5.75 Å². The molecule has 1 aromatic heterocycles. The van der Waals surface area contributed by atoms with Crippen LogP contribution in [0, 0.1) is 6.92 Å². The standard InChI is InChI=1S/C19H15BrO4/c1-12-16(21)18(23-11-13-5-3-2-4-6-13)19(22)24-17(12)14-7-9-15(20)10-8-14/h2-10,21H,11H2,1H3. The van der Waals surface area contributed by atoms with Gasteiger partial charge in [-0.25, -0.2) is 4.79 Å². The van der Waals surface area contributed by atoms with Crippen molar-refractivity contribution in [2.24, 2.45) is 0 Å². The van der Waals surface area contributed by atoms with Crippen molar-refractivity contribution < 1.29 is 14.3 Å². The van der Waals surface area contributed by atoms with Gasteiger partial charge >= 0.3 is 5.63 Å². The van der Waals surface area contributed by atoms with Gasteiger partial charge in [0.05, 0.1) is 0 Å². The quantitative estimate of drug-likeness (QED) is 0.707. The molecule has 0 saturated heterocycles. The molecule has 0 bridgehead atoms. The molecular weight excluding hydrogens is 372 g/mol. The second-order valence-corrected chi connectivity index (χ2v) is 6.22. The minimum absolute atomic E-state index is 0.169. The molecular formula is C19H15BrO4. The van der Waals surface area contributed by atoms with Crippen molar-refractivity contribution >= 4 is 15.9 Å². The van der Waals surface area contributed by atoms with Crippen LogP contribution in [0.15, 0.2) is 68.3 Å². The lowest BCUT2D eigenvalue weighted by molar-refractivity contribution is 0.270. The fourth-order valence-corrected chi connectivity index (χ4v) is 2.59. The van der Waals surface area contributed by atoms with Gasteiger partial charge in [-0.15, -0.1) is 0 Å². The minimum atomic E-state index is -0.702. The summed E-state index contributed by atoms with van der Waals surface area (Å²) in [4.78, 5) is 12.2. The third-order valence-electron chi connectivity index (χ3n) is 3.62. The van der Waals surface area contributed by atoms with Crippen LogP contribution in [-0.2, 0) is 6.61 Å². The Balaban J connectivity index is 1.94. The van der Waals surface area contributed by atoms with E-state index in [0.29, 0.717) is 16.9 Å². The zero-order chi connectivity index (χ0) is 17.1. The van der Waals surface area contributed by atoms with Crippen molar-refractivity contribution in [1.82, 2.24) is 0 Å². The zero-order valence-electron chi connectivity index (χ0n) is 13.0. The third kappa shape index (κ3) is 3.36. The SMILES string of the molecule is Cc1c(-c2ccc(Br)cc2)oc(=O)c(OCc2ccccc2)c1O. The lowest BCUT2D eigenvalue weighted by Gasteiger charge is -2.11. The van der Waals surface area contributed by atoms with Crippen LogP contribution in [-0.4, -0.2) is 5.11 Å². The molecule has 5 heteroatoms. The van der Waals surface area contributed by atoms with Crippen molar-refractivity contribution in [1.29, 1.82) is 0 Å². The number of ether oxygens (including phenoxy) is 1. The molecule has 3 aromatic rings. The van der Waals surface area contributed by atoms with Gasteiger partial charge in [0, 0.05) is 15.6 Å². The maximum Gasteiger partial charge on any atom is 0.383 e. The highest BCUT2D eigenvalue weighted by Crippen LogP contribution is 2.34. The van der Waals surface area contributed by atoms with Gasteiger partial charge in [0.2, 0.25) is 5.75 Å². The van der Waals surface area contributed by atoms with E-state index < -0.39 is 5.63 Å². The first-order valence-electron chi connectivity index (χ1n) is 7.35. The van der Waals surface area contributed by atoms with Gasteiger partial charge in [0.25, 0.3) is 0 Å². The van der Waals surface area contributed by atoms with E-state index in [-0.39, 0.29) is 18.1 Å². The van der Waals surface area contributed by atoms with Crippen LogP contribution in [0.4, 0.5) is 0 Å². The molecule has 0 aliphatic carbocycles. The molecule has 0 unspecified atom stereocenters. The summed E-state index contributed by atoms with van der Waals surface area (Å²) < 4.78 is 11.8. The number of halogens is 1. The Morgan fingerprint density at radius 2 is 1.75 bits per heavy atom. The molecule has 0 fully saturated rings. The smallest absolute Gasteiger partial charge is 0.383 e. The van der Waals surface area contributed by atoms with Crippen LogP contribution in [0.25, 0.3) is 11.3 Å². The van der Waals surface area contributed by atoms with E-state index in [9.17, 15) is 9.90 Å². The van der Waals surface area contributed by atoms with Gasteiger partial charge in [-0.1, -0.05) is 58.4 Å². The molecule has 122 valence electrons. The van der Waals surface area contributed by atoms with Crippen LogP contribution >= 0.6 is 15.9 Å². The molecule has 1 heterocycles. The Morgan fingerprint density at radius 3 is 2.42 bits per heavy atom. The molecule has 0 radical (unpaired) electrons. The topological polar surface area (TPSA) is 59.7 Å². The van der Waals surface area contributed by atoms with E-state index in [1.54, 1.807) is 19.1 Å². The van der Waals surface area contributed by atoms with Gasteiger partial charge in [-0.2, -0.15) is 0 Å². The molecule has 4 nitrogen and oxygen atoms in total. The van der Waals surface area contributed by atoms with Gasteiger partial charge in [0.1, 0.15) is 12.4 Å². The van der Waals surface area contributed by atoms with E-state index in [2.05, 4.69) is 15.9 Å². The Morgan fingerprint density at radius 1 is 1.08 bits per heavy atom. The van der Waals surface area contributed by atoms with Crippen molar-refractivity contribution in [2.45, 2.75) is 13.5 Å². The van der Waals surface area contributed by atoms with Crippen molar-refractivity contribution in [3.05, 3.63) is 80.6 Å². The summed E-state index contributed by atoms with van der Waals surface area (Å²) in [6.45, 7) is 1.86.